The minimum Gasteiger partial charge on any atom is -0.316 e. The van der Waals surface area contributed by atoms with E-state index >= 15 is 0 Å². The molecule has 1 aliphatic carbocycles. The zero-order chi connectivity index (χ0) is 12.3. The van der Waals surface area contributed by atoms with Crippen LogP contribution >= 0.6 is 0 Å². The van der Waals surface area contributed by atoms with Crippen molar-refractivity contribution in [1.82, 2.24) is 5.32 Å². The number of halogens is 1. The fourth-order valence-corrected chi connectivity index (χ4v) is 2.33. The maximum atomic E-state index is 13.8. The highest BCUT2D eigenvalue weighted by Gasteiger charge is 2.33. The van der Waals surface area contributed by atoms with Crippen LogP contribution in [-0.4, -0.2) is 13.1 Å². The molecule has 94 valence electrons. The lowest BCUT2D eigenvalue weighted by Gasteiger charge is -2.19. The van der Waals surface area contributed by atoms with E-state index in [1.807, 2.05) is 12.1 Å². The molecule has 1 aromatic carbocycles. The van der Waals surface area contributed by atoms with Gasteiger partial charge in [0.2, 0.25) is 0 Å². The van der Waals surface area contributed by atoms with Gasteiger partial charge in [-0.05, 0) is 42.9 Å². The van der Waals surface area contributed by atoms with Gasteiger partial charge in [-0.3, -0.25) is 0 Å². The van der Waals surface area contributed by atoms with Gasteiger partial charge in [0.1, 0.15) is 5.82 Å². The predicted molar refractivity (Wildman–Crippen MR) is 69.6 cm³/mol. The number of hydrogen-bond donors (Lipinski definition) is 1. The molecule has 0 aromatic heterocycles. The van der Waals surface area contributed by atoms with E-state index in [4.69, 9.17) is 0 Å². The van der Waals surface area contributed by atoms with Crippen molar-refractivity contribution >= 4 is 0 Å². The van der Waals surface area contributed by atoms with Gasteiger partial charge < -0.3 is 5.32 Å². The van der Waals surface area contributed by atoms with Crippen molar-refractivity contribution in [3.05, 3.63) is 35.6 Å². The van der Waals surface area contributed by atoms with Crippen molar-refractivity contribution < 1.29 is 4.39 Å². The molecule has 1 unspecified atom stereocenters. The quantitative estimate of drug-likeness (QED) is 0.795. The zero-order valence-electron chi connectivity index (χ0n) is 10.7. The summed E-state index contributed by atoms with van der Waals surface area (Å²) < 4.78 is 13.8. The fourth-order valence-electron chi connectivity index (χ4n) is 2.33. The average Bonchev–Trinajstić information content (AvgIpc) is 3.09. The van der Waals surface area contributed by atoms with Crippen molar-refractivity contribution in [2.75, 3.05) is 13.1 Å². The lowest BCUT2D eigenvalue weighted by atomic mass is 9.93. The molecule has 1 fully saturated rings. The summed E-state index contributed by atoms with van der Waals surface area (Å²) in [5, 5.41) is 3.47. The monoisotopic (exact) mass is 235 g/mol. The molecule has 0 radical (unpaired) electrons. The third kappa shape index (κ3) is 3.53. The molecule has 1 N–H and O–H groups in total. The van der Waals surface area contributed by atoms with Crippen LogP contribution in [0.15, 0.2) is 24.3 Å². The predicted octanol–water partition coefficient (Wildman–Crippen LogP) is 3.56. The lowest BCUT2D eigenvalue weighted by molar-refractivity contribution is 0.475. The topological polar surface area (TPSA) is 12.0 Å². The first-order valence-corrected chi connectivity index (χ1v) is 6.63. The van der Waals surface area contributed by atoms with E-state index in [0.29, 0.717) is 17.8 Å². The van der Waals surface area contributed by atoms with Gasteiger partial charge in [-0.25, -0.2) is 4.39 Å². The Labute approximate surface area is 103 Å². The Morgan fingerprint density at radius 3 is 2.53 bits per heavy atom. The summed E-state index contributed by atoms with van der Waals surface area (Å²) in [6.45, 7) is 6.31. The Kier molecular flexibility index (Phi) is 4.16. The molecule has 0 bridgehead atoms. The van der Waals surface area contributed by atoms with Crippen LogP contribution in [0, 0.1) is 17.7 Å². The van der Waals surface area contributed by atoms with Crippen LogP contribution in [0.3, 0.4) is 0 Å². The van der Waals surface area contributed by atoms with Gasteiger partial charge in [-0.2, -0.15) is 0 Å². The molecule has 0 amide bonds. The Morgan fingerprint density at radius 1 is 1.24 bits per heavy atom. The van der Waals surface area contributed by atoms with Crippen molar-refractivity contribution in [2.24, 2.45) is 11.8 Å². The second-order valence-electron chi connectivity index (χ2n) is 5.52. The van der Waals surface area contributed by atoms with Gasteiger partial charge in [0, 0.05) is 12.5 Å². The summed E-state index contributed by atoms with van der Waals surface area (Å²) >= 11 is 0. The molecule has 1 nitrogen and oxygen atoms in total. The Bertz CT molecular complexity index is 358. The SMILES string of the molecule is CC(C)CNCC(c1ccccc1F)C1CC1. The van der Waals surface area contributed by atoms with Crippen LogP contribution < -0.4 is 5.32 Å². The third-order valence-corrected chi connectivity index (χ3v) is 3.41. The van der Waals surface area contributed by atoms with Crippen molar-refractivity contribution in [2.45, 2.75) is 32.6 Å². The Balaban J connectivity index is 2.00. The number of rotatable bonds is 6. The number of nitrogens with one attached hydrogen (secondary N) is 1. The van der Waals surface area contributed by atoms with Crippen LogP contribution in [0.1, 0.15) is 38.2 Å². The van der Waals surface area contributed by atoms with E-state index < -0.39 is 0 Å². The van der Waals surface area contributed by atoms with Gasteiger partial charge in [0.05, 0.1) is 0 Å². The van der Waals surface area contributed by atoms with Crippen LogP contribution in [0.4, 0.5) is 4.39 Å². The normalized spacial score (nSPS) is 17.4. The molecule has 0 heterocycles. The van der Waals surface area contributed by atoms with Crippen molar-refractivity contribution in [3.8, 4) is 0 Å². The summed E-state index contributed by atoms with van der Waals surface area (Å²) in [6, 6.07) is 7.23. The second kappa shape index (κ2) is 5.63. The van der Waals surface area contributed by atoms with E-state index in [0.717, 1.165) is 18.7 Å². The van der Waals surface area contributed by atoms with Crippen molar-refractivity contribution in [1.29, 1.82) is 0 Å². The highest BCUT2D eigenvalue weighted by Crippen LogP contribution is 2.42. The molecule has 0 saturated heterocycles. The lowest BCUT2D eigenvalue weighted by Crippen LogP contribution is -2.26. The second-order valence-corrected chi connectivity index (χ2v) is 5.52. The van der Waals surface area contributed by atoms with Gasteiger partial charge >= 0.3 is 0 Å². The summed E-state index contributed by atoms with van der Waals surface area (Å²) in [4.78, 5) is 0. The summed E-state index contributed by atoms with van der Waals surface area (Å²) in [5.41, 5.74) is 0.895. The molecule has 0 aliphatic heterocycles. The fraction of sp³-hybridized carbons (Fsp3) is 0.600. The minimum absolute atomic E-state index is 0.0456. The maximum Gasteiger partial charge on any atom is 0.126 e. The van der Waals surface area contributed by atoms with Gasteiger partial charge in [-0.1, -0.05) is 32.0 Å². The maximum absolute atomic E-state index is 13.8. The highest BCUT2D eigenvalue weighted by atomic mass is 19.1. The van der Waals surface area contributed by atoms with E-state index in [1.54, 1.807) is 12.1 Å². The van der Waals surface area contributed by atoms with E-state index in [1.165, 1.54) is 12.8 Å². The molecular weight excluding hydrogens is 213 g/mol. The standard InChI is InChI=1S/C15H22FN/c1-11(2)9-17-10-14(12-7-8-12)13-5-3-4-6-15(13)16/h3-6,11-12,14,17H,7-10H2,1-2H3. The first kappa shape index (κ1) is 12.6. The minimum atomic E-state index is -0.0456. The molecule has 1 atom stereocenters. The average molecular weight is 235 g/mol. The van der Waals surface area contributed by atoms with Crippen LogP contribution in [0.25, 0.3) is 0 Å². The first-order chi connectivity index (χ1) is 8.18. The Morgan fingerprint density at radius 2 is 1.94 bits per heavy atom. The zero-order valence-corrected chi connectivity index (χ0v) is 10.7. The first-order valence-electron chi connectivity index (χ1n) is 6.63. The summed E-state index contributed by atoms with van der Waals surface area (Å²) in [6.07, 6.45) is 2.50. The van der Waals surface area contributed by atoms with Gasteiger partial charge in [0.15, 0.2) is 0 Å². The Hall–Kier alpha value is -0.890. The molecule has 17 heavy (non-hydrogen) atoms. The molecule has 2 heteroatoms. The molecule has 1 aromatic rings. The van der Waals surface area contributed by atoms with Crippen LogP contribution in [-0.2, 0) is 0 Å². The van der Waals surface area contributed by atoms with Crippen LogP contribution in [0.5, 0.6) is 0 Å². The molecule has 1 aliphatic rings. The van der Waals surface area contributed by atoms with Gasteiger partial charge in [0.25, 0.3) is 0 Å². The smallest absolute Gasteiger partial charge is 0.126 e. The molecular formula is C15H22FN. The van der Waals surface area contributed by atoms with Crippen molar-refractivity contribution in [3.63, 3.8) is 0 Å². The van der Waals surface area contributed by atoms with E-state index in [2.05, 4.69) is 19.2 Å². The van der Waals surface area contributed by atoms with E-state index in [-0.39, 0.29) is 5.82 Å². The third-order valence-electron chi connectivity index (χ3n) is 3.41. The number of hydrogen-bond acceptors (Lipinski definition) is 1. The molecule has 2 rings (SSSR count). The largest absolute Gasteiger partial charge is 0.316 e. The highest BCUT2D eigenvalue weighted by molar-refractivity contribution is 5.24. The van der Waals surface area contributed by atoms with E-state index in [9.17, 15) is 4.39 Å². The van der Waals surface area contributed by atoms with Crippen LogP contribution in [0.2, 0.25) is 0 Å². The molecule has 1 saturated carbocycles. The summed E-state index contributed by atoms with van der Waals surface area (Å²) in [7, 11) is 0. The van der Waals surface area contributed by atoms with Gasteiger partial charge in [-0.15, -0.1) is 0 Å². The molecule has 0 spiro atoms. The number of benzene rings is 1. The summed E-state index contributed by atoms with van der Waals surface area (Å²) in [5.74, 6) is 1.65.